The van der Waals surface area contributed by atoms with Gasteiger partial charge in [0.05, 0.1) is 7.11 Å². The van der Waals surface area contributed by atoms with Gasteiger partial charge in [0.1, 0.15) is 5.75 Å². The van der Waals surface area contributed by atoms with Gasteiger partial charge in [0.15, 0.2) is 0 Å². The Hall–Kier alpha value is -1.55. The van der Waals surface area contributed by atoms with Gasteiger partial charge in [-0.05, 0) is 24.1 Å². The number of hydrogen-bond acceptors (Lipinski definition) is 3. The number of carbonyl (C=O) groups is 1. The van der Waals surface area contributed by atoms with Crippen molar-refractivity contribution in [1.82, 2.24) is 5.32 Å². The molecular weight excluding hydrogens is 204 g/mol. The van der Waals surface area contributed by atoms with Crippen molar-refractivity contribution in [2.45, 2.75) is 19.4 Å². The van der Waals surface area contributed by atoms with Gasteiger partial charge in [0.25, 0.3) is 0 Å². The van der Waals surface area contributed by atoms with E-state index in [4.69, 9.17) is 10.5 Å². The molecule has 0 aliphatic heterocycles. The third-order valence-corrected chi connectivity index (χ3v) is 2.53. The normalized spacial score (nSPS) is 12.0. The van der Waals surface area contributed by atoms with Crippen LogP contribution in [0.2, 0.25) is 0 Å². The zero-order valence-electron chi connectivity index (χ0n) is 9.91. The summed E-state index contributed by atoms with van der Waals surface area (Å²) in [5.41, 5.74) is 7.90. The van der Waals surface area contributed by atoms with Gasteiger partial charge in [-0.25, -0.2) is 0 Å². The smallest absolute Gasteiger partial charge is 0.221 e. The largest absolute Gasteiger partial charge is 0.496 e. The maximum absolute atomic E-state index is 11.2. The summed E-state index contributed by atoms with van der Waals surface area (Å²) in [4.78, 5) is 11.2. The van der Waals surface area contributed by atoms with Gasteiger partial charge in [-0.3, -0.25) is 4.79 Å². The third kappa shape index (κ3) is 2.97. The molecule has 0 aliphatic rings. The molecule has 0 bridgehead atoms. The Morgan fingerprint density at radius 3 is 2.75 bits per heavy atom. The first kappa shape index (κ1) is 12.5. The van der Waals surface area contributed by atoms with Gasteiger partial charge >= 0.3 is 0 Å². The molecule has 1 aromatic rings. The molecule has 4 heteroatoms. The Morgan fingerprint density at radius 1 is 1.56 bits per heavy atom. The predicted molar refractivity (Wildman–Crippen MR) is 63.3 cm³/mol. The second-order valence-electron chi connectivity index (χ2n) is 3.71. The first-order chi connectivity index (χ1) is 7.58. The molecular formula is C12H18N2O2. The number of ether oxygens (including phenoxy) is 1. The van der Waals surface area contributed by atoms with Crippen LogP contribution < -0.4 is 15.8 Å². The van der Waals surface area contributed by atoms with Crippen LogP contribution in [0.15, 0.2) is 18.2 Å². The maximum Gasteiger partial charge on any atom is 0.221 e. The molecule has 0 aromatic heterocycles. The summed E-state index contributed by atoms with van der Waals surface area (Å²) in [5, 5.41) is 2.56. The Kier molecular flexibility index (Phi) is 4.31. The number of methoxy groups -OCH3 is 1. The average molecular weight is 222 g/mol. The number of benzene rings is 1. The number of nitrogens with one attached hydrogen (secondary N) is 1. The number of hydrogen-bond donors (Lipinski definition) is 2. The standard InChI is InChI=1S/C12H18N2O2/c1-8-6-9(4-5-11(8)16-3)10(13)7-12(15)14-2/h4-6,10H,7,13H2,1-3H3,(H,14,15). The van der Waals surface area contributed by atoms with E-state index in [-0.39, 0.29) is 11.9 Å². The molecule has 3 N–H and O–H groups in total. The van der Waals surface area contributed by atoms with Gasteiger partial charge in [0.2, 0.25) is 5.91 Å². The molecule has 4 nitrogen and oxygen atoms in total. The summed E-state index contributed by atoms with van der Waals surface area (Å²) < 4.78 is 5.16. The lowest BCUT2D eigenvalue weighted by atomic mass is 10.0. The lowest BCUT2D eigenvalue weighted by molar-refractivity contribution is -0.120. The Balaban J connectivity index is 2.80. The fourth-order valence-electron chi connectivity index (χ4n) is 1.55. The molecule has 0 spiro atoms. The van der Waals surface area contributed by atoms with Crippen molar-refractivity contribution in [1.29, 1.82) is 0 Å². The van der Waals surface area contributed by atoms with Crippen molar-refractivity contribution in [2.75, 3.05) is 14.2 Å². The lowest BCUT2D eigenvalue weighted by Gasteiger charge is -2.13. The summed E-state index contributed by atoms with van der Waals surface area (Å²) in [6.45, 7) is 1.95. The van der Waals surface area contributed by atoms with Gasteiger partial charge in [-0.15, -0.1) is 0 Å². The van der Waals surface area contributed by atoms with Crippen LogP contribution in [0, 0.1) is 6.92 Å². The number of nitrogens with two attached hydrogens (primary N) is 1. The quantitative estimate of drug-likeness (QED) is 0.803. The summed E-state index contributed by atoms with van der Waals surface area (Å²) in [6.07, 6.45) is 0.294. The third-order valence-electron chi connectivity index (χ3n) is 2.53. The van der Waals surface area contributed by atoms with Crippen LogP contribution >= 0.6 is 0 Å². The van der Waals surface area contributed by atoms with Crippen LogP contribution in [-0.4, -0.2) is 20.1 Å². The van der Waals surface area contributed by atoms with E-state index in [1.54, 1.807) is 14.2 Å². The van der Waals surface area contributed by atoms with Crippen LogP contribution in [0.5, 0.6) is 5.75 Å². The predicted octanol–water partition coefficient (Wildman–Crippen LogP) is 1.14. The van der Waals surface area contributed by atoms with Gasteiger partial charge in [-0.2, -0.15) is 0 Å². The molecule has 88 valence electrons. The summed E-state index contributed by atoms with van der Waals surface area (Å²) in [7, 11) is 3.24. The summed E-state index contributed by atoms with van der Waals surface area (Å²) >= 11 is 0. The average Bonchev–Trinajstić information content (AvgIpc) is 2.28. The summed E-state index contributed by atoms with van der Waals surface area (Å²) in [5.74, 6) is 0.775. The van der Waals surface area contributed by atoms with E-state index in [0.717, 1.165) is 16.9 Å². The van der Waals surface area contributed by atoms with Crippen LogP contribution in [0.1, 0.15) is 23.6 Å². The van der Waals surface area contributed by atoms with Crippen molar-refractivity contribution in [2.24, 2.45) is 5.73 Å². The molecule has 1 rings (SSSR count). The summed E-state index contributed by atoms with van der Waals surface area (Å²) in [6, 6.07) is 5.44. The fourth-order valence-corrected chi connectivity index (χ4v) is 1.55. The molecule has 1 aromatic carbocycles. The van der Waals surface area contributed by atoms with E-state index < -0.39 is 0 Å². The first-order valence-electron chi connectivity index (χ1n) is 5.19. The molecule has 0 saturated carbocycles. The van der Waals surface area contributed by atoms with Gasteiger partial charge in [-0.1, -0.05) is 12.1 Å². The molecule has 0 heterocycles. The SMILES string of the molecule is CNC(=O)CC(N)c1ccc(OC)c(C)c1. The molecule has 0 saturated heterocycles. The first-order valence-corrected chi connectivity index (χ1v) is 5.19. The minimum Gasteiger partial charge on any atom is -0.496 e. The van der Waals surface area contributed by atoms with E-state index in [1.807, 2.05) is 25.1 Å². The molecule has 0 radical (unpaired) electrons. The molecule has 1 amide bonds. The second-order valence-corrected chi connectivity index (χ2v) is 3.71. The van der Waals surface area contributed by atoms with Gasteiger partial charge in [0, 0.05) is 19.5 Å². The maximum atomic E-state index is 11.2. The number of rotatable bonds is 4. The van der Waals surface area contributed by atoms with E-state index in [2.05, 4.69) is 5.32 Å². The van der Waals surface area contributed by atoms with E-state index >= 15 is 0 Å². The number of carbonyl (C=O) groups excluding carboxylic acids is 1. The van der Waals surface area contributed by atoms with Crippen LogP contribution in [-0.2, 0) is 4.79 Å². The minimum absolute atomic E-state index is 0.0547. The van der Waals surface area contributed by atoms with Crippen molar-refractivity contribution < 1.29 is 9.53 Å². The van der Waals surface area contributed by atoms with E-state index in [9.17, 15) is 4.79 Å². The van der Waals surface area contributed by atoms with E-state index in [0.29, 0.717) is 6.42 Å². The van der Waals surface area contributed by atoms with Crippen molar-refractivity contribution in [3.8, 4) is 5.75 Å². The van der Waals surface area contributed by atoms with E-state index in [1.165, 1.54) is 0 Å². The van der Waals surface area contributed by atoms with Crippen molar-refractivity contribution in [3.05, 3.63) is 29.3 Å². The number of amides is 1. The molecule has 1 atom stereocenters. The second kappa shape index (κ2) is 5.51. The minimum atomic E-state index is -0.274. The zero-order chi connectivity index (χ0) is 12.1. The monoisotopic (exact) mass is 222 g/mol. The van der Waals surface area contributed by atoms with Crippen LogP contribution in [0.25, 0.3) is 0 Å². The lowest BCUT2D eigenvalue weighted by Crippen LogP contribution is -2.24. The fraction of sp³-hybridized carbons (Fsp3) is 0.417. The van der Waals surface area contributed by atoms with Crippen LogP contribution in [0.4, 0.5) is 0 Å². The topological polar surface area (TPSA) is 64.4 Å². The molecule has 0 aliphatic carbocycles. The zero-order valence-corrected chi connectivity index (χ0v) is 9.91. The van der Waals surface area contributed by atoms with Gasteiger partial charge < -0.3 is 15.8 Å². The van der Waals surface area contributed by atoms with Crippen molar-refractivity contribution in [3.63, 3.8) is 0 Å². The highest BCUT2D eigenvalue weighted by atomic mass is 16.5. The molecule has 0 fully saturated rings. The highest BCUT2D eigenvalue weighted by Crippen LogP contribution is 2.22. The molecule has 1 unspecified atom stereocenters. The number of aryl methyl sites for hydroxylation is 1. The molecule has 16 heavy (non-hydrogen) atoms. The Morgan fingerprint density at radius 2 is 2.25 bits per heavy atom. The van der Waals surface area contributed by atoms with Crippen LogP contribution in [0.3, 0.4) is 0 Å². The van der Waals surface area contributed by atoms with Crippen molar-refractivity contribution >= 4 is 5.91 Å². The Labute approximate surface area is 95.8 Å². The highest BCUT2D eigenvalue weighted by molar-refractivity contribution is 5.76. The highest BCUT2D eigenvalue weighted by Gasteiger charge is 2.11. The Bertz CT molecular complexity index is 377.